The van der Waals surface area contributed by atoms with E-state index in [9.17, 15) is 0 Å². The number of hydrogen-bond acceptors (Lipinski definition) is 2. The molecule has 33 heavy (non-hydrogen) atoms. The number of fused-ring (bicyclic) bond motifs is 3. The van der Waals surface area contributed by atoms with Gasteiger partial charge >= 0.3 is 0 Å². The van der Waals surface area contributed by atoms with Gasteiger partial charge in [0.1, 0.15) is 11.2 Å². The van der Waals surface area contributed by atoms with E-state index in [4.69, 9.17) is 5.79 Å². The number of aryl methyl sites for hydroxylation is 2. The number of furan rings is 1. The fraction of sp³-hybridized carbons (Fsp3) is 0.258. The highest BCUT2D eigenvalue weighted by Crippen LogP contribution is 2.38. The third kappa shape index (κ3) is 3.84. The fourth-order valence-corrected chi connectivity index (χ4v) is 4.62. The molecule has 3 aromatic carbocycles. The highest BCUT2D eigenvalue weighted by molar-refractivity contribution is 6.07. The topological polar surface area (TPSA) is 26.0 Å². The van der Waals surface area contributed by atoms with Crippen LogP contribution in [0, 0.1) is 19.3 Å². The molecule has 0 saturated heterocycles. The molecule has 0 aliphatic heterocycles. The van der Waals surface area contributed by atoms with Gasteiger partial charge < -0.3 is 4.42 Å². The number of pyridine rings is 1. The zero-order valence-corrected chi connectivity index (χ0v) is 20.3. The van der Waals surface area contributed by atoms with Crippen LogP contribution in [-0.4, -0.2) is 4.98 Å². The zero-order chi connectivity index (χ0) is 24.3. The minimum atomic E-state index is -0.721. The van der Waals surface area contributed by atoms with E-state index in [0.29, 0.717) is 0 Å². The molecule has 5 aromatic rings. The van der Waals surface area contributed by atoms with E-state index in [1.54, 1.807) is 0 Å². The lowest BCUT2D eigenvalue weighted by molar-refractivity contribution is 0.339. The second-order valence-corrected chi connectivity index (χ2v) is 10.1. The molecule has 0 saturated carbocycles. The van der Waals surface area contributed by atoms with Crippen LogP contribution in [0.5, 0.6) is 0 Å². The van der Waals surface area contributed by atoms with Gasteiger partial charge in [0.2, 0.25) is 0 Å². The Kier molecular flexibility index (Phi) is 4.83. The van der Waals surface area contributed by atoms with Crippen LogP contribution in [0.15, 0.2) is 77.3 Å². The summed E-state index contributed by atoms with van der Waals surface area (Å²) in [5.41, 5.74) is 9.42. The second kappa shape index (κ2) is 7.88. The molecule has 0 bridgehead atoms. The lowest BCUT2D eigenvalue weighted by Crippen LogP contribution is -2.15. The van der Waals surface area contributed by atoms with E-state index in [0.717, 1.165) is 38.8 Å². The Labute approximate surface area is 197 Å². The van der Waals surface area contributed by atoms with Crippen molar-refractivity contribution in [1.29, 1.82) is 0 Å². The molecule has 2 nitrogen and oxygen atoms in total. The summed E-state index contributed by atoms with van der Waals surface area (Å²) >= 11 is 0. The molecule has 0 amide bonds. The van der Waals surface area contributed by atoms with Gasteiger partial charge in [-0.15, -0.1) is 0 Å². The summed E-state index contributed by atoms with van der Waals surface area (Å²) in [6.07, 6.45) is 1.82. The van der Waals surface area contributed by atoms with E-state index in [1.807, 2.05) is 25.3 Å². The van der Waals surface area contributed by atoms with Crippen LogP contribution in [-0.2, 0) is 0 Å². The smallest absolute Gasteiger partial charge is 0.136 e. The molecule has 0 N–H and O–H groups in total. The van der Waals surface area contributed by atoms with Crippen molar-refractivity contribution in [3.8, 4) is 22.4 Å². The van der Waals surface area contributed by atoms with Crippen LogP contribution in [0.3, 0.4) is 0 Å². The Bertz CT molecular complexity index is 1510. The second-order valence-electron chi connectivity index (χ2n) is 10.1. The summed E-state index contributed by atoms with van der Waals surface area (Å²) in [6, 6.07) is 23.2. The lowest BCUT2D eigenvalue weighted by atomic mass is 9.78. The summed E-state index contributed by atoms with van der Waals surface area (Å²) in [6.45, 7) is 12.6. The summed E-state index contributed by atoms with van der Waals surface area (Å²) in [7, 11) is 0. The van der Waals surface area contributed by atoms with E-state index < -0.39 is 5.89 Å². The Morgan fingerprint density at radius 1 is 0.818 bits per heavy atom. The number of nitrogens with zero attached hydrogens (tertiary/aromatic N) is 1. The predicted molar refractivity (Wildman–Crippen MR) is 140 cm³/mol. The lowest BCUT2D eigenvalue weighted by Gasteiger charge is -2.27. The maximum Gasteiger partial charge on any atom is 0.136 e. The first kappa shape index (κ1) is 20.2. The first-order chi connectivity index (χ1) is 16.1. The average molecular weight is 435 g/mol. The average Bonchev–Trinajstić information content (AvgIpc) is 3.15. The van der Waals surface area contributed by atoms with Crippen LogP contribution >= 0.6 is 0 Å². The molecule has 0 fully saturated rings. The van der Waals surface area contributed by atoms with Crippen molar-refractivity contribution in [2.45, 2.75) is 47.4 Å². The van der Waals surface area contributed by atoms with Gasteiger partial charge in [0.05, 0.1) is 5.69 Å². The quantitative estimate of drug-likeness (QED) is 0.283. The first-order valence-electron chi connectivity index (χ1n) is 12.1. The molecule has 166 valence electrons. The van der Waals surface area contributed by atoms with Crippen molar-refractivity contribution < 1.29 is 5.79 Å². The Balaban J connectivity index is 1.61. The summed E-state index contributed by atoms with van der Waals surface area (Å²) < 4.78 is 15.2. The minimum absolute atomic E-state index is 0.191. The number of hydrogen-bond donors (Lipinski definition) is 0. The molecule has 0 spiro atoms. The van der Waals surface area contributed by atoms with Crippen LogP contribution in [0.2, 0.25) is 0 Å². The molecular formula is C31H31NO. The number of aromatic nitrogens is 1. The highest BCUT2D eigenvalue weighted by atomic mass is 16.3. The van der Waals surface area contributed by atoms with E-state index >= 15 is 0 Å². The Morgan fingerprint density at radius 2 is 1.55 bits per heavy atom. The van der Waals surface area contributed by atoms with E-state index in [1.165, 1.54) is 22.3 Å². The predicted octanol–water partition coefficient (Wildman–Crippen LogP) is 9.08. The summed E-state index contributed by atoms with van der Waals surface area (Å²) in [4.78, 5) is 4.64. The van der Waals surface area contributed by atoms with Crippen LogP contribution in [0.1, 0.15) is 51.7 Å². The third-order valence-electron chi connectivity index (χ3n) is 6.85. The maximum atomic E-state index is 8.97. The van der Waals surface area contributed by atoms with Crippen LogP contribution < -0.4 is 0 Å². The van der Waals surface area contributed by atoms with Gasteiger partial charge in [-0.1, -0.05) is 52.0 Å². The molecule has 5 rings (SSSR count). The fourth-order valence-electron chi connectivity index (χ4n) is 4.62. The molecule has 2 aromatic heterocycles. The molecule has 0 aliphatic carbocycles. The number of benzene rings is 3. The van der Waals surface area contributed by atoms with Crippen molar-refractivity contribution in [2.24, 2.45) is 5.41 Å². The molecule has 2 heterocycles. The Morgan fingerprint density at radius 3 is 2.27 bits per heavy atom. The van der Waals surface area contributed by atoms with Crippen molar-refractivity contribution in [1.82, 2.24) is 4.98 Å². The van der Waals surface area contributed by atoms with E-state index in [-0.39, 0.29) is 5.41 Å². The SMILES string of the molecule is [2H]C(C)(c1ccnc(-c2ccc3oc4cc(-c5c(C)cccc5C)ccc4c3c2)c1)C(C)(C)C. The first-order valence-corrected chi connectivity index (χ1v) is 11.6. The van der Waals surface area contributed by atoms with Crippen molar-refractivity contribution >= 4 is 21.9 Å². The van der Waals surface area contributed by atoms with Gasteiger partial charge in [-0.3, -0.25) is 4.98 Å². The molecular weight excluding hydrogens is 402 g/mol. The van der Waals surface area contributed by atoms with Crippen molar-refractivity contribution in [3.63, 3.8) is 0 Å². The van der Waals surface area contributed by atoms with Gasteiger partial charge in [-0.05, 0) is 95.4 Å². The van der Waals surface area contributed by atoms with Crippen LogP contribution in [0.25, 0.3) is 44.3 Å². The van der Waals surface area contributed by atoms with Gasteiger partial charge in [0.25, 0.3) is 0 Å². The highest BCUT2D eigenvalue weighted by Gasteiger charge is 2.22. The summed E-state index contributed by atoms with van der Waals surface area (Å²) in [5, 5.41) is 2.18. The largest absolute Gasteiger partial charge is 0.456 e. The normalized spacial score (nSPS) is 14.4. The van der Waals surface area contributed by atoms with Gasteiger partial charge in [-0.25, -0.2) is 0 Å². The standard InChI is InChI=1S/C31H31NO/c1-19-8-7-9-20(2)30(19)24-10-12-25-26-16-23(11-13-28(26)33-29(25)18-24)27-17-22(14-15-32-27)21(3)31(4,5)6/h7-18,21H,1-6H3/i21D. The minimum Gasteiger partial charge on any atom is -0.456 e. The number of rotatable bonds is 3. The van der Waals surface area contributed by atoms with Crippen molar-refractivity contribution in [3.05, 3.63) is 89.6 Å². The molecule has 0 radical (unpaired) electrons. The van der Waals surface area contributed by atoms with Gasteiger partial charge in [0, 0.05) is 23.9 Å². The van der Waals surface area contributed by atoms with Crippen LogP contribution in [0.4, 0.5) is 0 Å². The molecule has 1 unspecified atom stereocenters. The molecule has 1 atom stereocenters. The Hall–Kier alpha value is -3.39. The van der Waals surface area contributed by atoms with Gasteiger partial charge in [0.15, 0.2) is 0 Å². The monoisotopic (exact) mass is 434 g/mol. The van der Waals surface area contributed by atoms with E-state index in [2.05, 4.69) is 94.2 Å². The van der Waals surface area contributed by atoms with Crippen molar-refractivity contribution in [2.75, 3.05) is 0 Å². The molecule has 0 aliphatic rings. The third-order valence-corrected chi connectivity index (χ3v) is 6.85. The summed E-state index contributed by atoms with van der Waals surface area (Å²) in [5.74, 6) is -0.721. The zero-order valence-electron chi connectivity index (χ0n) is 21.3. The van der Waals surface area contributed by atoms with Gasteiger partial charge in [-0.2, -0.15) is 0 Å². The molecule has 2 heteroatoms. The maximum absolute atomic E-state index is 8.97.